The predicted octanol–water partition coefficient (Wildman–Crippen LogP) is 3.68. The van der Waals surface area contributed by atoms with Crippen molar-refractivity contribution in [1.29, 1.82) is 0 Å². The van der Waals surface area contributed by atoms with Crippen molar-refractivity contribution in [2.24, 2.45) is 5.41 Å². The summed E-state index contributed by atoms with van der Waals surface area (Å²) in [5.74, 6) is -2.95. The van der Waals surface area contributed by atoms with Crippen molar-refractivity contribution in [3.05, 3.63) is 53.8 Å². The van der Waals surface area contributed by atoms with Gasteiger partial charge in [-0.3, -0.25) is 4.79 Å². The molecule has 3 heterocycles. The number of imidazole rings is 1. The maximum absolute atomic E-state index is 13.8. The summed E-state index contributed by atoms with van der Waals surface area (Å²) >= 11 is 0. The van der Waals surface area contributed by atoms with Crippen LogP contribution in [0.25, 0.3) is 11.0 Å². The van der Waals surface area contributed by atoms with Crippen LogP contribution in [-0.4, -0.2) is 33.2 Å². The highest BCUT2D eigenvalue weighted by atomic mass is 19.3. The molecule has 0 bridgehead atoms. The molecule has 1 aromatic carbocycles. The number of hydrogen-bond donors (Lipinski definition) is 1. The smallest absolute Gasteiger partial charge is 0.263 e. The van der Waals surface area contributed by atoms with Gasteiger partial charge in [-0.1, -0.05) is 18.2 Å². The molecule has 5 nitrogen and oxygen atoms in total. The van der Waals surface area contributed by atoms with E-state index in [1.54, 1.807) is 6.33 Å². The lowest BCUT2D eigenvalue weighted by molar-refractivity contribution is -0.142. The van der Waals surface area contributed by atoms with Crippen molar-refractivity contribution in [3.8, 4) is 0 Å². The van der Waals surface area contributed by atoms with Crippen LogP contribution in [-0.2, 0) is 11.2 Å². The Morgan fingerprint density at radius 1 is 1.38 bits per heavy atom. The maximum Gasteiger partial charge on any atom is 0.263 e. The number of halogens is 2. The number of carbonyl (C=O) groups excluding carboxylic acids is 1. The number of furan rings is 1. The van der Waals surface area contributed by atoms with Gasteiger partial charge in [0.2, 0.25) is 5.91 Å². The standard InChI is InChI=1S/C19H17F2N3O2/c1-18(9-19(18,20)21)17(25)24-7-6-12-15(23-10-22-12)16(24)14-8-11-4-2-3-5-13(11)26-14/h2-5,8,10,16H,6-7,9H2,1H3,(H,22,23)/t16-,18?/m1/s1. The number of benzene rings is 1. The Morgan fingerprint density at radius 3 is 2.88 bits per heavy atom. The van der Waals surface area contributed by atoms with Gasteiger partial charge in [-0.15, -0.1) is 0 Å². The fourth-order valence-electron chi connectivity index (χ4n) is 3.87. The van der Waals surface area contributed by atoms with Gasteiger partial charge in [-0.05, 0) is 19.1 Å². The second-order valence-electron chi connectivity index (χ2n) is 7.32. The van der Waals surface area contributed by atoms with E-state index < -0.39 is 29.7 Å². The van der Waals surface area contributed by atoms with Gasteiger partial charge < -0.3 is 14.3 Å². The number of alkyl halides is 2. The number of aromatic amines is 1. The molecule has 0 radical (unpaired) electrons. The second-order valence-corrected chi connectivity index (χ2v) is 7.32. The molecular formula is C19H17F2N3O2. The lowest BCUT2D eigenvalue weighted by atomic mass is 9.97. The zero-order chi connectivity index (χ0) is 18.1. The van der Waals surface area contributed by atoms with Gasteiger partial charge in [0.05, 0.1) is 12.0 Å². The molecule has 2 atom stereocenters. The number of H-pyrrole nitrogens is 1. The van der Waals surface area contributed by atoms with Crippen LogP contribution in [0.1, 0.15) is 36.5 Å². The summed E-state index contributed by atoms with van der Waals surface area (Å²) in [6, 6.07) is 8.78. The van der Waals surface area contributed by atoms with Crippen LogP contribution in [0.3, 0.4) is 0 Å². The monoisotopic (exact) mass is 357 g/mol. The predicted molar refractivity (Wildman–Crippen MR) is 89.7 cm³/mol. The van der Waals surface area contributed by atoms with Crippen LogP contribution < -0.4 is 0 Å². The van der Waals surface area contributed by atoms with Crippen LogP contribution >= 0.6 is 0 Å². The summed E-state index contributed by atoms with van der Waals surface area (Å²) in [4.78, 5) is 21.9. The molecule has 1 fully saturated rings. The number of amides is 1. The van der Waals surface area contributed by atoms with Crippen molar-refractivity contribution < 1.29 is 18.0 Å². The Kier molecular flexibility index (Phi) is 2.95. The fraction of sp³-hybridized carbons (Fsp3) is 0.368. The molecule has 1 aliphatic carbocycles. The first-order chi connectivity index (χ1) is 12.4. The van der Waals surface area contributed by atoms with Crippen LogP contribution in [0.5, 0.6) is 0 Å². The number of hydrogen-bond acceptors (Lipinski definition) is 3. The summed E-state index contributed by atoms with van der Waals surface area (Å²) < 4.78 is 33.6. The molecule has 2 aliphatic rings. The molecule has 1 saturated carbocycles. The third kappa shape index (κ3) is 2.00. The summed E-state index contributed by atoms with van der Waals surface area (Å²) in [6.07, 6.45) is 1.72. The van der Waals surface area contributed by atoms with E-state index in [0.717, 1.165) is 11.1 Å². The van der Waals surface area contributed by atoms with Gasteiger partial charge in [0.25, 0.3) is 5.92 Å². The van der Waals surface area contributed by atoms with Crippen molar-refractivity contribution >= 4 is 16.9 Å². The number of nitrogens with one attached hydrogen (secondary N) is 1. The van der Waals surface area contributed by atoms with Crippen molar-refractivity contribution in [2.75, 3.05) is 6.54 Å². The normalized spacial score (nSPS) is 26.7. The van der Waals surface area contributed by atoms with Crippen LogP contribution in [0.4, 0.5) is 8.78 Å². The van der Waals surface area contributed by atoms with E-state index in [-0.39, 0.29) is 0 Å². The van der Waals surface area contributed by atoms with Gasteiger partial charge in [0.1, 0.15) is 22.8 Å². The largest absolute Gasteiger partial charge is 0.458 e. The zero-order valence-electron chi connectivity index (χ0n) is 14.1. The Morgan fingerprint density at radius 2 is 2.15 bits per heavy atom. The molecule has 7 heteroatoms. The molecular weight excluding hydrogens is 340 g/mol. The van der Waals surface area contributed by atoms with Crippen molar-refractivity contribution in [2.45, 2.75) is 31.7 Å². The minimum Gasteiger partial charge on any atom is -0.458 e. The molecule has 1 unspecified atom stereocenters. The number of para-hydroxylation sites is 1. The van der Waals surface area contributed by atoms with Gasteiger partial charge >= 0.3 is 0 Å². The molecule has 2 aromatic heterocycles. The first kappa shape index (κ1) is 15.5. The van der Waals surface area contributed by atoms with E-state index in [1.165, 1.54) is 11.8 Å². The van der Waals surface area contributed by atoms with E-state index in [2.05, 4.69) is 9.97 Å². The van der Waals surface area contributed by atoms with Crippen molar-refractivity contribution in [3.63, 3.8) is 0 Å². The van der Waals surface area contributed by atoms with Crippen LogP contribution in [0.2, 0.25) is 0 Å². The minimum absolute atomic E-state index is 0.349. The van der Waals surface area contributed by atoms with Gasteiger partial charge in [0.15, 0.2) is 0 Å². The summed E-state index contributed by atoms with van der Waals surface area (Å²) in [5, 5.41) is 0.903. The van der Waals surface area contributed by atoms with Gasteiger partial charge in [0, 0.05) is 30.5 Å². The van der Waals surface area contributed by atoms with E-state index in [0.29, 0.717) is 30.0 Å². The summed E-state index contributed by atoms with van der Waals surface area (Å²) in [5.41, 5.74) is 0.634. The molecule has 0 saturated heterocycles. The molecule has 1 aliphatic heterocycles. The first-order valence-corrected chi connectivity index (χ1v) is 8.60. The van der Waals surface area contributed by atoms with E-state index >= 15 is 0 Å². The fourth-order valence-corrected chi connectivity index (χ4v) is 3.87. The van der Waals surface area contributed by atoms with Gasteiger partial charge in [-0.2, -0.15) is 0 Å². The van der Waals surface area contributed by atoms with E-state index in [9.17, 15) is 13.6 Å². The Labute approximate surface area is 148 Å². The van der Waals surface area contributed by atoms with E-state index in [4.69, 9.17) is 4.42 Å². The Bertz CT molecular complexity index is 992. The lowest BCUT2D eigenvalue weighted by Gasteiger charge is -2.35. The minimum atomic E-state index is -2.95. The molecule has 26 heavy (non-hydrogen) atoms. The van der Waals surface area contributed by atoms with Crippen molar-refractivity contribution in [1.82, 2.24) is 14.9 Å². The highest BCUT2D eigenvalue weighted by Crippen LogP contribution is 2.61. The molecule has 3 aromatic rings. The van der Waals surface area contributed by atoms with Gasteiger partial charge in [-0.25, -0.2) is 13.8 Å². The molecule has 1 N–H and O–H groups in total. The number of aromatic nitrogens is 2. The first-order valence-electron chi connectivity index (χ1n) is 8.60. The average Bonchev–Trinajstić information content (AvgIpc) is 3.05. The number of nitrogens with zero attached hydrogens (tertiary/aromatic N) is 2. The maximum atomic E-state index is 13.8. The number of fused-ring (bicyclic) bond motifs is 2. The Balaban J connectivity index is 1.62. The Hall–Kier alpha value is -2.70. The number of carbonyl (C=O) groups is 1. The average molecular weight is 357 g/mol. The highest BCUT2D eigenvalue weighted by Gasteiger charge is 2.73. The third-order valence-electron chi connectivity index (χ3n) is 5.63. The highest BCUT2D eigenvalue weighted by molar-refractivity contribution is 5.88. The zero-order valence-corrected chi connectivity index (χ0v) is 14.1. The number of rotatable bonds is 2. The molecule has 134 valence electrons. The van der Waals surface area contributed by atoms with E-state index in [1.807, 2.05) is 30.3 Å². The van der Waals surface area contributed by atoms with Crippen LogP contribution in [0, 0.1) is 5.41 Å². The molecule has 5 rings (SSSR count). The summed E-state index contributed by atoms with van der Waals surface area (Å²) in [7, 11) is 0. The SMILES string of the molecule is CC1(C(=O)N2CCc3[nH]cnc3[C@H]2c2cc3ccccc3o2)CC1(F)F. The third-order valence-corrected chi connectivity index (χ3v) is 5.63. The quantitative estimate of drug-likeness (QED) is 0.761. The lowest BCUT2D eigenvalue weighted by Crippen LogP contribution is -2.45. The topological polar surface area (TPSA) is 62.1 Å². The second kappa shape index (κ2) is 4.93. The van der Waals surface area contributed by atoms with Crippen LogP contribution in [0.15, 0.2) is 41.1 Å². The molecule has 1 amide bonds. The summed E-state index contributed by atoms with van der Waals surface area (Å²) in [6.45, 7) is 1.69. The molecule has 0 spiro atoms.